The number of phenols is 2. The van der Waals surface area contributed by atoms with Crippen LogP contribution in [0.2, 0.25) is 0 Å². The zero-order chi connectivity index (χ0) is 25.1. The number of aliphatic hydroxyl groups is 1. The van der Waals surface area contributed by atoms with Crippen molar-refractivity contribution < 1.29 is 35.1 Å². The molecule has 0 saturated heterocycles. The fourth-order valence-electron chi connectivity index (χ4n) is 3.61. The largest absolute Gasteiger partial charge is 0.508 e. The summed E-state index contributed by atoms with van der Waals surface area (Å²) >= 11 is 2.26. The third kappa shape index (κ3) is 9.45. The van der Waals surface area contributed by atoms with Crippen LogP contribution in [0, 0.1) is 0 Å². The van der Waals surface area contributed by atoms with Crippen LogP contribution in [0.25, 0.3) is 0 Å². The molecule has 0 bridgehead atoms. The van der Waals surface area contributed by atoms with Gasteiger partial charge in [-0.2, -0.15) is 0 Å². The zero-order valence-electron chi connectivity index (χ0n) is 18.9. The third-order valence-electron chi connectivity index (χ3n) is 5.32. The standard InChI is InChI=1S/C24H31IN2O7/c25-7-5-17-1-3-19(21(29)11-17)13-26(15-23(31)32)8-9-27(16-24(33)34)14-20-4-2-18(6-10-28)12-22(20)30/h1-4,11-12,28-30H,5-10,13-16H2,(H,31,32)(H,33,34). The molecule has 0 spiro atoms. The highest BCUT2D eigenvalue weighted by Gasteiger charge is 2.18. The van der Waals surface area contributed by atoms with Crippen molar-refractivity contribution >= 4 is 34.5 Å². The first-order valence-corrected chi connectivity index (χ1v) is 12.4. The quantitative estimate of drug-likeness (QED) is 0.157. The number of benzene rings is 2. The predicted octanol–water partition coefficient (Wildman–Crippen LogP) is 2.08. The fraction of sp³-hybridized carbons (Fsp3) is 0.417. The average Bonchev–Trinajstić information content (AvgIpc) is 2.75. The van der Waals surface area contributed by atoms with Crippen LogP contribution in [-0.4, -0.2) is 84.5 Å². The molecule has 9 nitrogen and oxygen atoms in total. The first kappa shape index (κ1) is 27.8. The van der Waals surface area contributed by atoms with Gasteiger partial charge >= 0.3 is 11.9 Å². The highest BCUT2D eigenvalue weighted by molar-refractivity contribution is 14.1. The van der Waals surface area contributed by atoms with Gasteiger partial charge in [-0.05, 0) is 36.1 Å². The average molecular weight is 586 g/mol. The Morgan fingerprint density at radius 3 is 1.56 bits per heavy atom. The van der Waals surface area contributed by atoms with Crippen molar-refractivity contribution in [3.8, 4) is 11.5 Å². The minimum absolute atomic E-state index is 0.0141. The van der Waals surface area contributed by atoms with Gasteiger partial charge in [-0.25, -0.2) is 0 Å². The number of alkyl halides is 1. The Labute approximate surface area is 212 Å². The van der Waals surface area contributed by atoms with Crippen molar-refractivity contribution in [2.75, 3.05) is 37.2 Å². The van der Waals surface area contributed by atoms with Crippen LogP contribution in [0.4, 0.5) is 0 Å². The molecule has 2 aromatic carbocycles. The number of nitrogens with zero attached hydrogens (tertiary/aromatic N) is 2. The summed E-state index contributed by atoms with van der Waals surface area (Å²) in [6.45, 7) is 0.258. The van der Waals surface area contributed by atoms with Crippen LogP contribution < -0.4 is 0 Å². The Morgan fingerprint density at radius 1 is 0.765 bits per heavy atom. The van der Waals surface area contributed by atoms with Gasteiger partial charge in [0.05, 0.1) is 13.1 Å². The van der Waals surface area contributed by atoms with Gasteiger partial charge in [0.15, 0.2) is 0 Å². The number of hydrogen-bond donors (Lipinski definition) is 5. The highest BCUT2D eigenvalue weighted by Crippen LogP contribution is 2.23. The summed E-state index contributed by atoms with van der Waals surface area (Å²) < 4.78 is 0.917. The summed E-state index contributed by atoms with van der Waals surface area (Å²) in [6, 6.07) is 10.4. The number of aryl methyl sites for hydroxylation is 1. The molecule has 10 heteroatoms. The molecule has 0 aliphatic carbocycles. The molecule has 2 rings (SSSR count). The van der Waals surface area contributed by atoms with Crippen LogP contribution in [0.5, 0.6) is 11.5 Å². The fourth-order valence-corrected chi connectivity index (χ4v) is 4.23. The Morgan fingerprint density at radius 2 is 1.21 bits per heavy atom. The summed E-state index contributed by atoms with van der Waals surface area (Å²) in [5.41, 5.74) is 2.90. The molecule has 0 saturated carbocycles. The number of carboxylic acid groups (broad SMARTS) is 2. The van der Waals surface area contributed by atoms with E-state index in [0.29, 0.717) is 17.5 Å². The lowest BCUT2D eigenvalue weighted by Gasteiger charge is -2.26. The van der Waals surface area contributed by atoms with Gasteiger partial charge < -0.3 is 25.5 Å². The van der Waals surface area contributed by atoms with Crippen LogP contribution in [0.3, 0.4) is 0 Å². The molecule has 2 aromatic rings. The molecule has 0 atom stereocenters. The van der Waals surface area contributed by atoms with E-state index in [4.69, 9.17) is 5.11 Å². The van der Waals surface area contributed by atoms with Crippen molar-refractivity contribution in [1.29, 1.82) is 0 Å². The minimum Gasteiger partial charge on any atom is -0.508 e. The van der Waals surface area contributed by atoms with Gasteiger partial charge in [0.1, 0.15) is 11.5 Å². The predicted molar refractivity (Wildman–Crippen MR) is 135 cm³/mol. The molecule has 186 valence electrons. The molecule has 0 aromatic heterocycles. The van der Waals surface area contributed by atoms with Crippen molar-refractivity contribution in [1.82, 2.24) is 9.80 Å². The topological polar surface area (TPSA) is 142 Å². The lowest BCUT2D eigenvalue weighted by Crippen LogP contribution is -2.39. The summed E-state index contributed by atoms with van der Waals surface area (Å²) in [5.74, 6) is -1.94. The number of aromatic hydroxyl groups is 2. The number of aliphatic hydroxyl groups excluding tert-OH is 1. The Bertz CT molecular complexity index is 893. The van der Waals surface area contributed by atoms with E-state index in [1.165, 1.54) is 0 Å². The van der Waals surface area contributed by atoms with Gasteiger partial charge in [0.25, 0.3) is 0 Å². The van der Waals surface area contributed by atoms with Crippen LogP contribution in [-0.2, 0) is 35.5 Å². The van der Waals surface area contributed by atoms with Crippen LogP contribution in [0.15, 0.2) is 36.4 Å². The molecule has 0 radical (unpaired) electrons. The Kier molecular flexibility index (Phi) is 11.5. The number of rotatable bonds is 15. The van der Waals surface area contributed by atoms with Crippen molar-refractivity contribution in [2.24, 2.45) is 0 Å². The summed E-state index contributed by atoms with van der Waals surface area (Å²) in [5, 5.41) is 48.4. The smallest absolute Gasteiger partial charge is 0.317 e. The lowest BCUT2D eigenvalue weighted by atomic mass is 10.1. The normalized spacial score (nSPS) is 11.3. The number of hydrogen-bond acceptors (Lipinski definition) is 7. The SMILES string of the molecule is O=C(O)CN(CCN(CC(=O)O)Cc1ccc(CCI)cc1O)Cc1ccc(CCO)cc1O. The molecule has 0 amide bonds. The molecular formula is C24H31IN2O7. The van der Waals surface area contributed by atoms with E-state index in [1.807, 2.05) is 6.07 Å². The van der Waals surface area contributed by atoms with E-state index in [-0.39, 0.29) is 57.4 Å². The number of carboxylic acids is 2. The Balaban J connectivity index is 2.11. The maximum absolute atomic E-state index is 11.4. The molecule has 0 aliphatic rings. The van der Waals surface area contributed by atoms with Crippen molar-refractivity contribution in [2.45, 2.75) is 25.9 Å². The van der Waals surface area contributed by atoms with Crippen LogP contribution in [0.1, 0.15) is 22.3 Å². The Hall–Kier alpha value is -2.41. The maximum Gasteiger partial charge on any atom is 0.317 e. The molecule has 34 heavy (non-hydrogen) atoms. The van der Waals surface area contributed by atoms with E-state index in [2.05, 4.69) is 22.6 Å². The van der Waals surface area contributed by atoms with E-state index >= 15 is 0 Å². The van der Waals surface area contributed by atoms with E-state index in [1.54, 1.807) is 40.1 Å². The molecule has 0 unspecified atom stereocenters. The number of halogens is 1. The van der Waals surface area contributed by atoms with Crippen molar-refractivity contribution in [3.05, 3.63) is 58.7 Å². The molecular weight excluding hydrogens is 555 g/mol. The first-order valence-electron chi connectivity index (χ1n) is 10.9. The van der Waals surface area contributed by atoms with Crippen LogP contribution >= 0.6 is 22.6 Å². The third-order valence-corrected chi connectivity index (χ3v) is 5.86. The second kappa shape index (κ2) is 14.1. The number of phenolic OH excluding ortho intramolecular Hbond substituents is 2. The maximum atomic E-state index is 11.4. The number of carbonyl (C=O) groups is 2. The molecule has 5 N–H and O–H groups in total. The van der Waals surface area contributed by atoms with Gasteiger partial charge in [-0.1, -0.05) is 46.9 Å². The molecule has 0 aliphatic heterocycles. The number of aliphatic carboxylic acids is 2. The second-order valence-corrected chi connectivity index (χ2v) is 9.13. The zero-order valence-corrected chi connectivity index (χ0v) is 21.0. The van der Waals surface area contributed by atoms with E-state index in [0.717, 1.165) is 22.0 Å². The second-order valence-electron chi connectivity index (χ2n) is 8.05. The monoisotopic (exact) mass is 586 g/mol. The lowest BCUT2D eigenvalue weighted by molar-refractivity contribution is -0.140. The molecule has 0 heterocycles. The van der Waals surface area contributed by atoms with Crippen molar-refractivity contribution in [3.63, 3.8) is 0 Å². The van der Waals surface area contributed by atoms with E-state index in [9.17, 15) is 30.0 Å². The summed E-state index contributed by atoms with van der Waals surface area (Å²) in [7, 11) is 0. The summed E-state index contributed by atoms with van der Waals surface area (Å²) in [4.78, 5) is 26.0. The molecule has 0 fully saturated rings. The first-order chi connectivity index (χ1) is 16.2. The van der Waals surface area contributed by atoms with Gasteiger partial charge in [0.2, 0.25) is 0 Å². The van der Waals surface area contributed by atoms with Gasteiger partial charge in [0, 0.05) is 48.3 Å². The van der Waals surface area contributed by atoms with E-state index < -0.39 is 11.9 Å². The van der Waals surface area contributed by atoms with Gasteiger partial charge in [-0.15, -0.1) is 0 Å². The highest BCUT2D eigenvalue weighted by atomic mass is 127. The van der Waals surface area contributed by atoms with Gasteiger partial charge in [-0.3, -0.25) is 19.4 Å². The summed E-state index contributed by atoms with van der Waals surface area (Å²) in [6.07, 6.45) is 1.23. The minimum atomic E-state index is -1.04.